The van der Waals surface area contributed by atoms with Crippen molar-refractivity contribution in [3.63, 3.8) is 0 Å². The Morgan fingerprint density at radius 2 is 0.909 bits per heavy atom. The van der Waals surface area contributed by atoms with E-state index in [0.717, 1.165) is 53.8 Å². The van der Waals surface area contributed by atoms with Gasteiger partial charge in [-0.1, -0.05) is 12.1 Å². The second-order valence-corrected chi connectivity index (χ2v) is 6.79. The van der Waals surface area contributed by atoms with Gasteiger partial charge in [0.2, 0.25) is 0 Å². The van der Waals surface area contributed by atoms with E-state index in [9.17, 15) is 0 Å². The minimum Gasteiger partial charge on any atom is -0.242 e. The highest BCUT2D eigenvalue weighted by Crippen LogP contribution is 2.43. The van der Waals surface area contributed by atoms with Crippen LogP contribution in [0.4, 0.5) is 0 Å². The lowest BCUT2D eigenvalue weighted by Crippen LogP contribution is -2.09. The Bertz CT molecular complexity index is 1020. The maximum absolute atomic E-state index is 4.70. The number of hydrogen-bond acceptors (Lipinski definition) is 4. The molecule has 0 fully saturated rings. The van der Waals surface area contributed by atoms with Crippen LogP contribution in [0.1, 0.15) is 0 Å². The summed E-state index contributed by atoms with van der Waals surface area (Å²) in [5.74, 6) is 0. The normalized spacial score (nSPS) is 12.1. The standard InChI is InChI=1S/C16H6Br2N4/c17-7-5-11-12(6-8(7)18)22-16-14-13(15(16)21-11)19-9-3-1-2-4-10(9)20-14/h1-6H. The molecule has 2 heterocycles. The zero-order valence-electron chi connectivity index (χ0n) is 11.0. The summed E-state index contributed by atoms with van der Waals surface area (Å²) in [7, 11) is 0. The number of rotatable bonds is 0. The maximum Gasteiger partial charge on any atom is 0.120 e. The van der Waals surface area contributed by atoms with Crippen molar-refractivity contribution in [2.24, 2.45) is 0 Å². The molecule has 0 amide bonds. The van der Waals surface area contributed by atoms with E-state index in [-0.39, 0.29) is 0 Å². The van der Waals surface area contributed by atoms with E-state index in [2.05, 4.69) is 41.8 Å². The van der Waals surface area contributed by atoms with Crippen LogP contribution in [0, 0.1) is 0 Å². The van der Waals surface area contributed by atoms with Crippen LogP contribution in [0.25, 0.3) is 44.8 Å². The summed E-state index contributed by atoms with van der Waals surface area (Å²) in [6.45, 7) is 0. The van der Waals surface area contributed by atoms with E-state index in [0.29, 0.717) is 0 Å². The predicted molar refractivity (Wildman–Crippen MR) is 92.5 cm³/mol. The largest absolute Gasteiger partial charge is 0.242 e. The van der Waals surface area contributed by atoms with E-state index in [1.807, 2.05) is 36.4 Å². The summed E-state index contributed by atoms with van der Waals surface area (Å²) >= 11 is 7.00. The molecule has 1 aliphatic rings. The molecular formula is C16H6Br2N4. The Labute approximate surface area is 141 Å². The molecule has 0 spiro atoms. The van der Waals surface area contributed by atoms with Gasteiger partial charge < -0.3 is 0 Å². The zero-order valence-corrected chi connectivity index (χ0v) is 14.2. The molecule has 22 heavy (non-hydrogen) atoms. The van der Waals surface area contributed by atoms with Gasteiger partial charge in [0, 0.05) is 8.95 Å². The van der Waals surface area contributed by atoms with Crippen molar-refractivity contribution in [2.75, 3.05) is 0 Å². The van der Waals surface area contributed by atoms with Gasteiger partial charge in [0.15, 0.2) is 0 Å². The number of nitrogens with zero attached hydrogens (tertiary/aromatic N) is 4. The smallest absolute Gasteiger partial charge is 0.120 e. The molecule has 0 saturated heterocycles. The maximum atomic E-state index is 4.70. The van der Waals surface area contributed by atoms with Crippen LogP contribution in [0.5, 0.6) is 0 Å². The summed E-state index contributed by atoms with van der Waals surface area (Å²) in [5, 5.41) is 0. The number of benzene rings is 2. The topological polar surface area (TPSA) is 51.6 Å². The Morgan fingerprint density at radius 1 is 0.545 bits per heavy atom. The number of para-hydroxylation sites is 2. The first kappa shape index (κ1) is 12.6. The Balaban J connectivity index is 1.81. The molecule has 4 nitrogen and oxygen atoms in total. The number of halogens is 2. The molecular weight excluding hydrogens is 408 g/mol. The molecule has 5 rings (SSSR count). The molecule has 104 valence electrons. The van der Waals surface area contributed by atoms with Crippen LogP contribution in [0.3, 0.4) is 0 Å². The van der Waals surface area contributed by atoms with Gasteiger partial charge in [-0.2, -0.15) is 0 Å². The van der Waals surface area contributed by atoms with Gasteiger partial charge in [0.25, 0.3) is 0 Å². The van der Waals surface area contributed by atoms with Crippen LogP contribution < -0.4 is 0 Å². The quantitative estimate of drug-likeness (QED) is 0.367. The minimum atomic E-state index is 0.829. The first-order chi connectivity index (χ1) is 10.7. The Hall–Kier alpha value is -1.92. The monoisotopic (exact) mass is 412 g/mol. The van der Waals surface area contributed by atoms with Crippen LogP contribution in [0.2, 0.25) is 0 Å². The van der Waals surface area contributed by atoms with E-state index < -0.39 is 0 Å². The second-order valence-electron chi connectivity index (χ2n) is 5.09. The minimum absolute atomic E-state index is 0.829. The van der Waals surface area contributed by atoms with Crippen LogP contribution in [0.15, 0.2) is 45.3 Å². The first-order valence-corrected chi connectivity index (χ1v) is 8.23. The molecule has 4 aromatic rings. The third kappa shape index (κ3) is 1.62. The summed E-state index contributed by atoms with van der Waals surface area (Å²) < 4.78 is 1.91. The Morgan fingerprint density at radius 3 is 1.32 bits per heavy atom. The Kier molecular flexibility index (Phi) is 2.46. The molecule has 0 bridgehead atoms. The van der Waals surface area contributed by atoms with Crippen molar-refractivity contribution >= 4 is 53.9 Å². The molecule has 0 aliphatic heterocycles. The fourth-order valence-corrected chi connectivity index (χ4v) is 3.31. The molecule has 0 N–H and O–H groups in total. The van der Waals surface area contributed by atoms with E-state index in [4.69, 9.17) is 9.97 Å². The molecule has 6 heteroatoms. The van der Waals surface area contributed by atoms with Crippen molar-refractivity contribution in [3.05, 3.63) is 45.3 Å². The molecule has 0 saturated carbocycles. The first-order valence-electron chi connectivity index (χ1n) is 6.65. The SMILES string of the molecule is Brc1cc2nc3c(nc2cc1Br)-c1nc2ccccc2nc1-3. The molecule has 0 unspecified atom stereocenters. The van der Waals surface area contributed by atoms with E-state index in [1.165, 1.54) is 0 Å². The van der Waals surface area contributed by atoms with Gasteiger partial charge in [-0.05, 0) is 56.1 Å². The van der Waals surface area contributed by atoms with Gasteiger partial charge >= 0.3 is 0 Å². The van der Waals surface area contributed by atoms with Crippen molar-refractivity contribution in [1.82, 2.24) is 19.9 Å². The third-order valence-corrected chi connectivity index (χ3v) is 5.57. The number of fused-ring (bicyclic) bond motifs is 6. The van der Waals surface area contributed by atoms with Crippen LogP contribution >= 0.6 is 31.9 Å². The lowest BCUT2D eigenvalue weighted by molar-refractivity contribution is 1.15. The zero-order chi connectivity index (χ0) is 14.8. The fourth-order valence-electron chi connectivity index (χ4n) is 2.65. The second kappa shape index (κ2) is 4.30. The van der Waals surface area contributed by atoms with Gasteiger partial charge in [-0.25, -0.2) is 19.9 Å². The highest BCUT2D eigenvalue weighted by atomic mass is 79.9. The highest BCUT2D eigenvalue weighted by molar-refractivity contribution is 9.13. The predicted octanol–water partition coefficient (Wildman–Crippen LogP) is 4.75. The molecule has 0 radical (unpaired) electrons. The lowest BCUT2D eigenvalue weighted by atomic mass is 9.98. The summed E-state index contributed by atoms with van der Waals surface area (Å²) in [5.41, 5.74) is 6.77. The van der Waals surface area contributed by atoms with Crippen LogP contribution in [-0.2, 0) is 0 Å². The van der Waals surface area contributed by atoms with Gasteiger partial charge in [-0.3, -0.25) is 0 Å². The highest BCUT2D eigenvalue weighted by Gasteiger charge is 2.30. The lowest BCUT2D eigenvalue weighted by Gasteiger charge is -2.20. The van der Waals surface area contributed by atoms with E-state index >= 15 is 0 Å². The molecule has 2 aromatic heterocycles. The number of hydrogen-bond donors (Lipinski definition) is 0. The average Bonchev–Trinajstić information content (AvgIpc) is 2.53. The average molecular weight is 414 g/mol. The van der Waals surface area contributed by atoms with Crippen molar-refractivity contribution < 1.29 is 0 Å². The van der Waals surface area contributed by atoms with Crippen molar-refractivity contribution in [2.45, 2.75) is 0 Å². The summed E-state index contributed by atoms with van der Waals surface area (Å²) in [6.07, 6.45) is 0. The molecule has 0 atom stereocenters. The van der Waals surface area contributed by atoms with E-state index in [1.54, 1.807) is 0 Å². The summed E-state index contributed by atoms with van der Waals surface area (Å²) in [4.78, 5) is 18.7. The van der Waals surface area contributed by atoms with Gasteiger partial charge in [0.1, 0.15) is 22.8 Å². The van der Waals surface area contributed by atoms with Crippen molar-refractivity contribution in [3.8, 4) is 22.8 Å². The molecule has 1 aliphatic carbocycles. The van der Waals surface area contributed by atoms with Gasteiger partial charge in [-0.15, -0.1) is 0 Å². The summed E-state index contributed by atoms with van der Waals surface area (Å²) in [6, 6.07) is 11.8. The fraction of sp³-hybridized carbons (Fsp3) is 0. The van der Waals surface area contributed by atoms with Gasteiger partial charge in [0.05, 0.1) is 22.1 Å². The number of aromatic nitrogens is 4. The van der Waals surface area contributed by atoms with Crippen LogP contribution in [-0.4, -0.2) is 19.9 Å². The molecule has 2 aromatic carbocycles. The van der Waals surface area contributed by atoms with Crippen molar-refractivity contribution in [1.29, 1.82) is 0 Å². The third-order valence-electron chi connectivity index (χ3n) is 3.73.